The van der Waals surface area contributed by atoms with Crippen molar-refractivity contribution >= 4 is 62.9 Å². The molecule has 10 rings (SSSR count). The molecule has 16 nitrogen and oxygen atoms in total. The lowest BCUT2D eigenvalue weighted by Crippen LogP contribution is -2.47. The summed E-state index contributed by atoms with van der Waals surface area (Å²) in [5.74, 6) is 7.28. The second-order valence-corrected chi connectivity index (χ2v) is 23.4. The highest BCUT2D eigenvalue weighted by Crippen LogP contribution is 2.33. The number of benzene rings is 4. The number of alkyl halides is 1. The van der Waals surface area contributed by atoms with E-state index in [1.807, 2.05) is 56.3 Å². The third-order valence-corrected chi connectivity index (χ3v) is 16.8. The third kappa shape index (κ3) is 11.8. The Balaban J connectivity index is 0.673. The fourth-order valence-corrected chi connectivity index (χ4v) is 12.3. The second kappa shape index (κ2) is 22.6. The standard InChI is InChI=1S/C61H74FN9O7/c1-38-11-15-44(64-51-37-70(36-50(51)62)60(77)78-61(3,4)5)33-49(38)56(73)63-39(2)46-17-14-42(47-9-7-8-10-48(46)47)13-12-40-21-27-67(28-22-40)35-41-23-29-69(30-24-41)58(75)43-25-31-68(32-26-43)45-16-18-52-54(34-45)66(6)59(76)71(52)53-19-20-55(72)65-57(53)74/h7-11,14-18,33-34,39-41,43,50-51,53,64H,19-32,35-37H2,1-6H3,(H,63,73)(H,65,72,74)/t39-,50-,51+,53?/m1/s1. The van der Waals surface area contributed by atoms with E-state index < -0.39 is 35.9 Å². The Labute approximate surface area is 456 Å². The van der Waals surface area contributed by atoms with Gasteiger partial charge in [-0.3, -0.25) is 33.6 Å². The van der Waals surface area contributed by atoms with Crippen molar-refractivity contribution in [1.82, 2.24) is 34.5 Å². The molecular formula is C61H74FN9O7. The molecule has 5 fully saturated rings. The number of imidazole rings is 1. The number of amides is 5. The van der Waals surface area contributed by atoms with Crippen LogP contribution in [0.1, 0.15) is 118 Å². The zero-order valence-electron chi connectivity index (χ0n) is 45.9. The van der Waals surface area contributed by atoms with Crippen LogP contribution in [-0.2, 0) is 26.2 Å². The number of carbonyl (C=O) groups excluding carboxylic acids is 5. The zero-order chi connectivity index (χ0) is 55.0. The Morgan fingerprint density at radius 2 is 1.55 bits per heavy atom. The molecular weight excluding hydrogens is 990 g/mol. The molecule has 5 saturated heterocycles. The van der Waals surface area contributed by atoms with E-state index in [1.165, 1.54) is 9.47 Å². The summed E-state index contributed by atoms with van der Waals surface area (Å²) >= 11 is 0. The molecule has 5 amide bonds. The third-order valence-electron chi connectivity index (χ3n) is 16.8. The quantitative estimate of drug-likeness (QED) is 0.0925. The van der Waals surface area contributed by atoms with Gasteiger partial charge in [-0.05, 0) is 157 Å². The van der Waals surface area contributed by atoms with Gasteiger partial charge in [-0.25, -0.2) is 14.0 Å². The number of imide groups is 1. The molecule has 3 N–H and O–H groups in total. The number of nitrogens with zero attached hydrogens (tertiary/aromatic N) is 6. The molecule has 1 aromatic heterocycles. The Morgan fingerprint density at radius 1 is 0.821 bits per heavy atom. The second-order valence-electron chi connectivity index (χ2n) is 23.4. The van der Waals surface area contributed by atoms with Crippen molar-refractivity contribution in [3.8, 4) is 11.8 Å². The number of fused-ring (bicyclic) bond motifs is 2. The lowest BCUT2D eigenvalue weighted by molar-refractivity contribution is -0.138. The van der Waals surface area contributed by atoms with E-state index in [0.29, 0.717) is 35.0 Å². The first-order chi connectivity index (χ1) is 37.4. The maximum Gasteiger partial charge on any atom is 0.410 e. The van der Waals surface area contributed by atoms with Crippen molar-refractivity contribution in [2.24, 2.45) is 24.8 Å². The van der Waals surface area contributed by atoms with Crippen LogP contribution in [0.4, 0.5) is 20.6 Å². The van der Waals surface area contributed by atoms with Gasteiger partial charge >= 0.3 is 11.8 Å². The number of aryl methyl sites for hydroxylation is 2. The Morgan fingerprint density at radius 3 is 2.27 bits per heavy atom. The zero-order valence-corrected chi connectivity index (χ0v) is 45.9. The maximum absolute atomic E-state index is 15.1. The van der Waals surface area contributed by atoms with Crippen molar-refractivity contribution in [2.75, 3.05) is 69.1 Å². The van der Waals surface area contributed by atoms with Gasteiger partial charge in [0.05, 0.1) is 29.7 Å². The van der Waals surface area contributed by atoms with Crippen LogP contribution >= 0.6 is 0 Å². The lowest BCUT2D eigenvalue weighted by Gasteiger charge is -2.39. The summed E-state index contributed by atoms with van der Waals surface area (Å²) in [5, 5.41) is 10.9. The summed E-state index contributed by atoms with van der Waals surface area (Å²) in [6.45, 7) is 15.4. The summed E-state index contributed by atoms with van der Waals surface area (Å²) in [7, 11) is 1.71. The van der Waals surface area contributed by atoms with Gasteiger partial charge in [0.2, 0.25) is 17.7 Å². The molecule has 0 saturated carbocycles. The van der Waals surface area contributed by atoms with Crippen molar-refractivity contribution in [3.63, 3.8) is 0 Å². The first-order valence-electron chi connectivity index (χ1n) is 28.0. The van der Waals surface area contributed by atoms with Crippen LogP contribution in [0.5, 0.6) is 0 Å². The molecule has 4 atom stereocenters. The first kappa shape index (κ1) is 54.2. The average molecular weight is 1060 g/mol. The SMILES string of the molecule is Cc1ccc(N[C@H]2CN(C(=O)OC(C)(C)C)C[C@H]2F)cc1C(=O)N[C@H](C)c1ccc(C#CC2CCN(CC3CCN(C(=O)C4CCN(c5ccc6c(c5)n(C)c(=O)n6C5CCC(=O)NC5=O)CC4)CC3)CC2)c2ccccc12. The molecule has 0 bridgehead atoms. The van der Waals surface area contributed by atoms with Crippen LogP contribution in [0, 0.1) is 36.5 Å². The van der Waals surface area contributed by atoms with Gasteiger partial charge in [0.25, 0.3) is 5.91 Å². The predicted octanol–water partition coefficient (Wildman–Crippen LogP) is 7.86. The molecule has 0 spiro atoms. The van der Waals surface area contributed by atoms with Crippen molar-refractivity contribution in [2.45, 2.75) is 116 Å². The lowest BCUT2D eigenvalue weighted by atomic mass is 9.90. The minimum absolute atomic E-state index is 0.00411. The van der Waals surface area contributed by atoms with Crippen LogP contribution in [0.15, 0.2) is 77.6 Å². The van der Waals surface area contributed by atoms with E-state index in [9.17, 15) is 28.8 Å². The number of hydrogen-bond donors (Lipinski definition) is 3. The van der Waals surface area contributed by atoms with Crippen molar-refractivity contribution < 1.29 is 33.1 Å². The van der Waals surface area contributed by atoms with Crippen LogP contribution in [0.3, 0.4) is 0 Å². The Kier molecular flexibility index (Phi) is 15.7. The number of ether oxygens (including phenoxy) is 1. The maximum atomic E-state index is 15.1. The van der Waals surface area contributed by atoms with Gasteiger partial charge in [0.1, 0.15) is 17.8 Å². The number of carbonyl (C=O) groups is 5. The van der Waals surface area contributed by atoms with Gasteiger partial charge in [0.15, 0.2) is 0 Å². The van der Waals surface area contributed by atoms with Gasteiger partial charge in [0, 0.05) is 87.1 Å². The molecule has 17 heteroatoms. The van der Waals surface area contributed by atoms with Gasteiger partial charge in [-0.2, -0.15) is 0 Å². The molecule has 5 aliphatic rings. The van der Waals surface area contributed by atoms with E-state index in [-0.39, 0.29) is 54.9 Å². The fourth-order valence-electron chi connectivity index (χ4n) is 12.3. The molecule has 78 heavy (non-hydrogen) atoms. The first-order valence-corrected chi connectivity index (χ1v) is 28.0. The van der Waals surface area contributed by atoms with E-state index in [4.69, 9.17) is 4.74 Å². The van der Waals surface area contributed by atoms with E-state index in [2.05, 4.69) is 66.8 Å². The van der Waals surface area contributed by atoms with Crippen LogP contribution < -0.4 is 26.5 Å². The molecule has 5 aromatic rings. The van der Waals surface area contributed by atoms with Crippen LogP contribution in [-0.4, -0.2) is 130 Å². The van der Waals surface area contributed by atoms with E-state index >= 15 is 4.39 Å². The normalized spacial score (nSPS) is 21.6. The monoisotopic (exact) mass is 1060 g/mol. The van der Waals surface area contributed by atoms with E-state index in [1.54, 1.807) is 38.5 Å². The van der Waals surface area contributed by atoms with Gasteiger partial charge in [-0.15, -0.1) is 0 Å². The predicted molar refractivity (Wildman–Crippen MR) is 300 cm³/mol. The number of hydrogen-bond acceptors (Lipinski definition) is 10. The number of nitrogens with one attached hydrogen (secondary N) is 3. The molecule has 6 heterocycles. The highest BCUT2D eigenvalue weighted by Gasteiger charge is 2.38. The fraction of sp³-hybridized carbons (Fsp3) is 0.508. The molecule has 0 aliphatic carbocycles. The average Bonchev–Trinajstić information content (AvgIpc) is 4.10. The van der Waals surface area contributed by atoms with E-state index in [0.717, 1.165) is 123 Å². The Bertz CT molecular complexity index is 3240. The van der Waals surface area contributed by atoms with Crippen LogP contribution in [0.25, 0.3) is 21.8 Å². The summed E-state index contributed by atoms with van der Waals surface area (Å²) in [4.78, 5) is 86.4. The number of likely N-dealkylation sites (tertiary alicyclic amines) is 3. The number of aromatic nitrogens is 2. The summed E-state index contributed by atoms with van der Waals surface area (Å²) in [5.41, 5.74) is 5.24. The molecule has 4 aromatic carbocycles. The topological polar surface area (TPSA) is 171 Å². The minimum Gasteiger partial charge on any atom is -0.444 e. The Hall–Kier alpha value is -7.19. The number of anilines is 2. The molecule has 1 unspecified atom stereocenters. The smallest absolute Gasteiger partial charge is 0.410 e. The number of rotatable bonds is 10. The largest absolute Gasteiger partial charge is 0.444 e. The van der Waals surface area contributed by atoms with Gasteiger partial charge in [-0.1, -0.05) is 48.2 Å². The molecule has 0 radical (unpaired) electrons. The van der Waals surface area contributed by atoms with Gasteiger partial charge < -0.3 is 35.0 Å². The summed E-state index contributed by atoms with van der Waals surface area (Å²) in [6.07, 6.45) is 4.24. The van der Waals surface area contributed by atoms with Crippen molar-refractivity contribution in [3.05, 3.63) is 106 Å². The van der Waals surface area contributed by atoms with Crippen molar-refractivity contribution in [1.29, 1.82) is 0 Å². The summed E-state index contributed by atoms with van der Waals surface area (Å²) < 4.78 is 23.7. The number of piperidine rings is 4. The minimum atomic E-state index is -1.29. The molecule has 5 aliphatic heterocycles. The van der Waals surface area contributed by atoms with Crippen LogP contribution in [0.2, 0.25) is 0 Å². The highest BCUT2D eigenvalue weighted by atomic mass is 19.1. The number of halogens is 1. The highest BCUT2D eigenvalue weighted by molar-refractivity contribution is 6.00. The summed E-state index contributed by atoms with van der Waals surface area (Å²) in [6, 6.07) is 21.9. The molecule has 412 valence electrons.